The molecule has 1 aromatic rings. The molecular weight excluding hydrogens is 406 g/mol. The maximum Gasteiger partial charge on any atom is 0.239 e. The van der Waals surface area contributed by atoms with Crippen LogP contribution in [0.4, 0.5) is 8.78 Å². The lowest BCUT2D eigenvalue weighted by atomic mass is 10.1. The van der Waals surface area contributed by atoms with E-state index in [1.807, 2.05) is 0 Å². The lowest BCUT2D eigenvalue weighted by molar-refractivity contribution is -0.120. The molecule has 1 amide bonds. The molecule has 0 bridgehead atoms. The van der Waals surface area contributed by atoms with Crippen LogP contribution < -0.4 is 16.0 Å². The molecule has 0 spiro atoms. The number of aliphatic hydroxyl groups is 2. The first-order valence-electron chi connectivity index (χ1n) is 8.88. The molecule has 164 valence electrons. The Kier molecular flexibility index (Phi) is 8.00. The van der Waals surface area contributed by atoms with Gasteiger partial charge in [0.15, 0.2) is 29.0 Å². The number of oxime groups is 2. The Morgan fingerprint density at radius 2 is 2.00 bits per heavy atom. The number of fused-ring (bicyclic) bond motifs is 1. The molecule has 1 aliphatic carbocycles. The summed E-state index contributed by atoms with van der Waals surface area (Å²) in [5.74, 6) is -3.81. The van der Waals surface area contributed by atoms with E-state index in [0.717, 1.165) is 6.07 Å². The zero-order chi connectivity index (χ0) is 22.3. The first kappa shape index (κ1) is 23.0. The normalized spacial score (nSPS) is 17.3. The monoisotopic (exact) mass is 428 g/mol. The molecule has 0 aromatic heterocycles. The quantitative estimate of drug-likeness (QED) is 0.115. The Morgan fingerprint density at radius 1 is 1.27 bits per heavy atom. The molecule has 13 heteroatoms. The average Bonchev–Trinajstić information content (AvgIpc) is 3.16. The molecule has 2 rings (SSSR count). The van der Waals surface area contributed by atoms with Crippen molar-refractivity contribution in [3.8, 4) is 0 Å². The Hall–Kier alpha value is -3.32. The summed E-state index contributed by atoms with van der Waals surface area (Å²) in [5.41, 5.74) is 0.0434. The lowest BCUT2D eigenvalue weighted by Gasteiger charge is -2.18. The van der Waals surface area contributed by atoms with Gasteiger partial charge in [-0.1, -0.05) is 16.4 Å². The number of halogens is 2. The predicted molar refractivity (Wildman–Crippen MR) is 101 cm³/mol. The first-order valence-corrected chi connectivity index (χ1v) is 8.88. The van der Waals surface area contributed by atoms with Crippen LogP contribution in [0.15, 0.2) is 22.4 Å². The van der Waals surface area contributed by atoms with Crippen LogP contribution in [0.3, 0.4) is 0 Å². The molecule has 0 saturated heterocycles. The van der Waals surface area contributed by atoms with Gasteiger partial charge in [0, 0.05) is 12.1 Å². The van der Waals surface area contributed by atoms with E-state index in [4.69, 9.17) is 10.5 Å². The molecule has 0 heterocycles. The maximum atomic E-state index is 14.2. The number of carbonyl (C=O) groups is 1. The van der Waals surface area contributed by atoms with Crippen molar-refractivity contribution in [1.82, 2.24) is 16.0 Å². The van der Waals surface area contributed by atoms with E-state index in [0.29, 0.717) is 18.4 Å². The van der Waals surface area contributed by atoms with Crippen LogP contribution in [0.25, 0.3) is 0 Å². The topological polar surface area (TPSA) is 183 Å². The van der Waals surface area contributed by atoms with E-state index in [1.165, 1.54) is 6.07 Å². The van der Waals surface area contributed by atoms with Crippen LogP contribution in [-0.2, 0) is 11.2 Å². The number of aliphatic hydroxyl groups excluding tert-OH is 2. The fourth-order valence-electron chi connectivity index (χ4n) is 2.93. The predicted octanol–water partition coefficient (Wildman–Crippen LogP) is -0.804. The highest BCUT2D eigenvalue weighted by Gasteiger charge is 2.30. The summed E-state index contributed by atoms with van der Waals surface area (Å²) in [6.07, 6.45) is -0.367. The van der Waals surface area contributed by atoms with Crippen molar-refractivity contribution in [1.29, 1.82) is 5.41 Å². The average molecular weight is 428 g/mol. The van der Waals surface area contributed by atoms with E-state index in [9.17, 15) is 29.1 Å². The number of rotatable bonds is 8. The van der Waals surface area contributed by atoms with Crippen molar-refractivity contribution in [2.45, 2.75) is 25.0 Å². The van der Waals surface area contributed by atoms with Crippen LogP contribution in [0.2, 0.25) is 0 Å². The Bertz CT molecular complexity index is 863. The zero-order valence-electron chi connectivity index (χ0n) is 15.7. The number of amides is 1. The van der Waals surface area contributed by atoms with Crippen LogP contribution in [-0.4, -0.2) is 69.7 Å². The number of nitrogens with one attached hydrogen (secondary N) is 4. The van der Waals surface area contributed by atoms with Crippen LogP contribution in [0.1, 0.15) is 23.6 Å². The Labute approximate surface area is 169 Å². The SMILES string of the molecule is N=C(NCC(=O)NC[C@@H](O)CO)C(=N\O)/C(=N/O)NC1CCc2ccc(F)c(F)c21. The van der Waals surface area contributed by atoms with E-state index < -0.39 is 60.2 Å². The molecule has 1 aliphatic rings. The maximum absolute atomic E-state index is 14.2. The summed E-state index contributed by atoms with van der Waals surface area (Å²) in [6, 6.07) is 1.67. The van der Waals surface area contributed by atoms with Gasteiger partial charge in [-0.15, -0.1) is 0 Å². The first-order chi connectivity index (χ1) is 14.3. The number of amidine groups is 2. The number of benzene rings is 1. The highest BCUT2D eigenvalue weighted by atomic mass is 19.2. The van der Waals surface area contributed by atoms with Gasteiger partial charge in [0.05, 0.1) is 25.3 Å². The number of hydrogen-bond donors (Lipinski definition) is 8. The number of carbonyl (C=O) groups excluding carboxylic acids is 1. The third kappa shape index (κ3) is 5.39. The van der Waals surface area contributed by atoms with Gasteiger partial charge < -0.3 is 36.6 Å². The van der Waals surface area contributed by atoms with Crippen molar-refractivity contribution in [3.63, 3.8) is 0 Å². The molecule has 0 saturated carbocycles. The molecule has 2 atom stereocenters. The summed E-state index contributed by atoms with van der Waals surface area (Å²) in [4.78, 5) is 11.7. The van der Waals surface area contributed by atoms with Gasteiger partial charge in [-0.2, -0.15) is 0 Å². The summed E-state index contributed by atoms with van der Waals surface area (Å²) in [7, 11) is 0. The molecule has 30 heavy (non-hydrogen) atoms. The van der Waals surface area contributed by atoms with Gasteiger partial charge in [0.25, 0.3) is 0 Å². The van der Waals surface area contributed by atoms with E-state index in [-0.39, 0.29) is 12.1 Å². The molecule has 0 fully saturated rings. The summed E-state index contributed by atoms with van der Waals surface area (Å²) in [5, 5.41) is 57.3. The fourth-order valence-corrected chi connectivity index (χ4v) is 2.93. The molecule has 1 unspecified atom stereocenters. The van der Waals surface area contributed by atoms with Gasteiger partial charge in [0.1, 0.15) is 0 Å². The lowest BCUT2D eigenvalue weighted by Crippen LogP contribution is -2.46. The third-order valence-electron chi connectivity index (χ3n) is 4.42. The number of aryl methyl sites for hydroxylation is 1. The highest BCUT2D eigenvalue weighted by molar-refractivity contribution is 6.67. The van der Waals surface area contributed by atoms with Gasteiger partial charge in [-0.3, -0.25) is 10.2 Å². The van der Waals surface area contributed by atoms with Gasteiger partial charge in [-0.05, 0) is 24.5 Å². The minimum absolute atomic E-state index is 0.0507. The van der Waals surface area contributed by atoms with E-state index in [1.54, 1.807) is 0 Å². The summed E-state index contributed by atoms with van der Waals surface area (Å²) in [6.45, 7) is -1.21. The highest BCUT2D eigenvalue weighted by Crippen LogP contribution is 2.34. The number of hydrogen-bond acceptors (Lipinski definition) is 8. The largest absolute Gasteiger partial charge is 0.410 e. The smallest absolute Gasteiger partial charge is 0.239 e. The summed E-state index contributed by atoms with van der Waals surface area (Å²) >= 11 is 0. The van der Waals surface area contributed by atoms with Gasteiger partial charge >= 0.3 is 0 Å². The van der Waals surface area contributed by atoms with Crippen LogP contribution >= 0.6 is 0 Å². The van der Waals surface area contributed by atoms with Crippen LogP contribution in [0.5, 0.6) is 0 Å². The second-order valence-corrected chi connectivity index (χ2v) is 6.44. The van der Waals surface area contributed by atoms with E-state index >= 15 is 0 Å². The van der Waals surface area contributed by atoms with Crippen molar-refractivity contribution in [2.75, 3.05) is 19.7 Å². The minimum Gasteiger partial charge on any atom is -0.410 e. The van der Waals surface area contributed by atoms with E-state index in [2.05, 4.69) is 26.3 Å². The molecule has 0 radical (unpaired) electrons. The molecule has 11 nitrogen and oxygen atoms in total. The molecule has 0 aliphatic heterocycles. The number of nitrogens with zero attached hydrogens (tertiary/aromatic N) is 2. The molecular formula is C17H22F2N6O5. The van der Waals surface area contributed by atoms with Crippen molar-refractivity contribution < 1.29 is 34.2 Å². The Morgan fingerprint density at radius 3 is 2.63 bits per heavy atom. The van der Waals surface area contributed by atoms with Crippen LogP contribution in [0, 0.1) is 17.0 Å². The second-order valence-electron chi connectivity index (χ2n) is 6.44. The summed E-state index contributed by atoms with van der Waals surface area (Å²) < 4.78 is 27.8. The fraction of sp³-hybridized carbons (Fsp3) is 0.412. The Balaban J connectivity index is 2.02. The minimum atomic E-state index is -1.14. The molecule has 8 N–H and O–H groups in total. The zero-order valence-corrected chi connectivity index (χ0v) is 15.7. The second kappa shape index (κ2) is 10.5. The van der Waals surface area contributed by atoms with Gasteiger partial charge in [-0.25, -0.2) is 8.78 Å². The van der Waals surface area contributed by atoms with Crippen molar-refractivity contribution in [3.05, 3.63) is 34.9 Å². The van der Waals surface area contributed by atoms with Crippen molar-refractivity contribution in [2.24, 2.45) is 10.3 Å². The molecule has 1 aromatic carbocycles. The van der Waals surface area contributed by atoms with Crippen molar-refractivity contribution >= 4 is 23.3 Å². The van der Waals surface area contributed by atoms with Gasteiger partial charge in [0.2, 0.25) is 5.91 Å². The standard InChI is InChI=1S/C17H22F2N6O5/c18-10-3-1-8-2-4-11(13(8)14(10)19)23-17(25-30)15(24-29)16(20)22-6-12(28)21-5-9(27)7-26/h1,3,9,11,26-27,29-30H,2,4-7H2,(H2,20,22)(H,21,28)(H,23,25)/b24-15+/t9-,11?/m1/s1. The third-order valence-corrected chi connectivity index (χ3v) is 4.42.